The molecule has 0 amide bonds. The molecule has 66 heavy (non-hydrogen) atoms. The zero-order valence-corrected chi connectivity index (χ0v) is 36.6. The molecule has 0 fully saturated rings. The molecule has 12 aromatic rings. The van der Waals surface area contributed by atoms with E-state index in [-0.39, 0.29) is 5.92 Å². The number of rotatable bonds is 5. The number of benzene rings is 10. The number of aromatic nitrogens is 2. The van der Waals surface area contributed by atoms with Crippen molar-refractivity contribution >= 4 is 60.3 Å². The van der Waals surface area contributed by atoms with Crippen molar-refractivity contribution in [2.24, 2.45) is 5.92 Å². The Labute approximate surface area is 384 Å². The summed E-state index contributed by atoms with van der Waals surface area (Å²) in [7, 11) is 0. The van der Waals surface area contributed by atoms with E-state index in [9.17, 15) is 0 Å². The van der Waals surface area contributed by atoms with Gasteiger partial charge in [-0.15, -0.1) is 0 Å². The number of allylic oxidation sites excluding steroid dienone is 1. The molecule has 0 saturated carbocycles. The van der Waals surface area contributed by atoms with E-state index in [0.717, 1.165) is 0 Å². The van der Waals surface area contributed by atoms with Gasteiger partial charge in [-0.1, -0.05) is 200 Å². The molecule has 2 unspecified atom stereocenters. The highest BCUT2D eigenvalue weighted by Crippen LogP contribution is 2.65. The molecule has 0 spiro atoms. The fourth-order valence-electron chi connectivity index (χ4n) is 12.7. The predicted octanol–water partition coefficient (Wildman–Crippen LogP) is 16.0. The normalized spacial score (nSPS) is 17.1. The largest absolute Gasteiger partial charge is 0.311 e. The maximum Gasteiger partial charge on any atom is 0.0541 e. The Morgan fingerprint density at radius 3 is 1.52 bits per heavy atom. The van der Waals surface area contributed by atoms with Gasteiger partial charge in [-0.25, -0.2) is 0 Å². The molecule has 2 aliphatic carbocycles. The van der Waals surface area contributed by atoms with Gasteiger partial charge in [-0.05, 0) is 93.5 Å². The zero-order valence-electron chi connectivity index (χ0n) is 36.6. The Kier molecular flexibility index (Phi) is 7.83. The molecule has 0 bridgehead atoms. The van der Waals surface area contributed by atoms with Gasteiger partial charge in [0.05, 0.1) is 33.3 Å². The average Bonchev–Trinajstić information content (AvgIpc) is 3.98. The Balaban J connectivity index is 1.04. The first-order chi connectivity index (χ1) is 32.6. The van der Waals surface area contributed by atoms with E-state index < -0.39 is 10.8 Å². The fourth-order valence-corrected chi connectivity index (χ4v) is 12.7. The monoisotopic (exact) mass is 840 g/mol. The first-order valence-corrected chi connectivity index (χ1v) is 23.2. The zero-order chi connectivity index (χ0) is 43.6. The van der Waals surface area contributed by atoms with Gasteiger partial charge in [-0.3, -0.25) is 0 Å². The van der Waals surface area contributed by atoms with Crippen LogP contribution in [0.5, 0.6) is 0 Å². The molecule has 0 aliphatic heterocycles. The molecule has 2 heterocycles. The average molecular weight is 841 g/mol. The minimum Gasteiger partial charge on any atom is -0.311 e. The molecule has 310 valence electrons. The lowest BCUT2D eigenvalue weighted by Crippen LogP contribution is -2.43. The van der Waals surface area contributed by atoms with Crippen LogP contribution in [-0.2, 0) is 10.8 Å². The van der Waals surface area contributed by atoms with Crippen LogP contribution in [0.3, 0.4) is 0 Å². The first-order valence-electron chi connectivity index (χ1n) is 23.2. The Hall–Kier alpha value is -8.20. The SMILES string of the molecule is CC12c3ccccc3C(c3ccccc3)(c3ccccc3)C1C=Cc1c2n(-c2cccc3ccccc23)c2ccc(-c3ccc4c(c3)c3ccccc3n4-c3cccc4ccccc34)cc12. The van der Waals surface area contributed by atoms with Crippen LogP contribution in [0.25, 0.3) is 82.8 Å². The molecule has 14 rings (SSSR count). The van der Waals surface area contributed by atoms with Crippen LogP contribution in [0.1, 0.15) is 40.4 Å². The standard InChI is InChI=1S/C64H44N2/c1-63-54-29-13-14-30-55(54)64(46-22-4-2-5-23-46,47-24-6-3-7-25-47)61(63)39-36-51-53-41-45(35-38-60(53)66(62(51)63)57-33-17-21-43-19-9-11-27-49(43)57)44-34-37-59-52(40-44)50-28-12-15-31-58(50)65(59)56-32-16-20-42-18-8-10-26-48(42)56/h2-41,61H,1H3. The lowest BCUT2D eigenvalue weighted by Gasteiger charge is -2.44. The van der Waals surface area contributed by atoms with Gasteiger partial charge < -0.3 is 9.13 Å². The Bertz CT molecular complexity index is 3910. The summed E-state index contributed by atoms with van der Waals surface area (Å²) >= 11 is 0. The van der Waals surface area contributed by atoms with Crippen LogP contribution >= 0.6 is 0 Å². The second-order valence-corrected chi connectivity index (χ2v) is 18.5. The third kappa shape index (κ3) is 4.91. The summed E-state index contributed by atoms with van der Waals surface area (Å²) in [5, 5.41) is 8.74. The third-order valence-corrected chi connectivity index (χ3v) is 15.4. The summed E-state index contributed by atoms with van der Waals surface area (Å²) in [6.45, 7) is 2.54. The minimum absolute atomic E-state index is 0.0821. The topological polar surface area (TPSA) is 9.86 Å². The number of para-hydroxylation sites is 1. The van der Waals surface area contributed by atoms with Crippen LogP contribution in [0.4, 0.5) is 0 Å². The van der Waals surface area contributed by atoms with Crippen molar-refractivity contribution in [3.05, 3.63) is 270 Å². The highest BCUT2D eigenvalue weighted by Gasteiger charge is 2.61. The van der Waals surface area contributed by atoms with Crippen molar-refractivity contribution in [3.8, 4) is 22.5 Å². The van der Waals surface area contributed by atoms with Crippen LogP contribution in [0.15, 0.2) is 237 Å². The molecule has 2 nitrogen and oxygen atoms in total. The predicted molar refractivity (Wildman–Crippen MR) is 276 cm³/mol. The third-order valence-electron chi connectivity index (χ3n) is 15.4. The van der Waals surface area contributed by atoms with Crippen LogP contribution < -0.4 is 0 Å². The van der Waals surface area contributed by atoms with Gasteiger partial charge in [0.15, 0.2) is 0 Å². The van der Waals surface area contributed by atoms with E-state index in [0.29, 0.717) is 0 Å². The highest BCUT2D eigenvalue weighted by atomic mass is 15.0. The van der Waals surface area contributed by atoms with Crippen LogP contribution in [0.2, 0.25) is 0 Å². The molecule has 2 aromatic heterocycles. The van der Waals surface area contributed by atoms with Crippen molar-refractivity contribution < 1.29 is 0 Å². The molecular formula is C64H44N2. The second kappa shape index (κ2) is 13.9. The van der Waals surface area contributed by atoms with Gasteiger partial charge in [0.1, 0.15) is 0 Å². The molecule has 2 heteroatoms. The van der Waals surface area contributed by atoms with Gasteiger partial charge in [0.25, 0.3) is 0 Å². The summed E-state index contributed by atoms with van der Waals surface area (Å²) < 4.78 is 5.09. The minimum atomic E-state index is -0.423. The Morgan fingerprint density at radius 1 is 0.379 bits per heavy atom. The summed E-state index contributed by atoms with van der Waals surface area (Å²) in [5.74, 6) is 0.0821. The highest BCUT2D eigenvalue weighted by molar-refractivity contribution is 6.12. The van der Waals surface area contributed by atoms with Crippen molar-refractivity contribution in [1.82, 2.24) is 9.13 Å². The summed E-state index contributed by atoms with van der Waals surface area (Å²) in [5.41, 5.74) is 15.6. The summed E-state index contributed by atoms with van der Waals surface area (Å²) in [6.07, 6.45) is 5.04. The smallest absolute Gasteiger partial charge is 0.0541 e. The van der Waals surface area contributed by atoms with Crippen molar-refractivity contribution in [2.45, 2.75) is 17.8 Å². The second-order valence-electron chi connectivity index (χ2n) is 18.5. The lowest BCUT2D eigenvalue weighted by molar-refractivity contribution is 0.348. The van der Waals surface area contributed by atoms with E-state index in [1.54, 1.807) is 0 Å². The number of nitrogens with zero attached hydrogens (tertiary/aromatic N) is 2. The van der Waals surface area contributed by atoms with Crippen molar-refractivity contribution in [3.63, 3.8) is 0 Å². The molecule has 10 aromatic carbocycles. The molecule has 0 saturated heterocycles. The van der Waals surface area contributed by atoms with Gasteiger partial charge in [0, 0.05) is 49.5 Å². The van der Waals surface area contributed by atoms with Crippen LogP contribution in [-0.4, -0.2) is 9.13 Å². The fraction of sp³-hybridized carbons (Fsp3) is 0.0625. The van der Waals surface area contributed by atoms with Gasteiger partial charge >= 0.3 is 0 Å². The van der Waals surface area contributed by atoms with E-state index in [1.807, 2.05) is 0 Å². The lowest BCUT2D eigenvalue weighted by atomic mass is 9.58. The Morgan fingerprint density at radius 2 is 0.864 bits per heavy atom. The van der Waals surface area contributed by atoms with E-state index in [1.165, 1.54) is 110 Å². The maximum absolute atomic E-state index is 2.64. The summed E-state index contributed by atoms with van der Waals surface area (Å²) in [4.78, 5) is 0. The van der Waals surface area contributed by atoms with E-state index >= 15 is 0 Å². The van der Waals surface area contributed by atoms with Crippen molar-refractivity contribution in [1.29, 1.82) is 0 Å². The van der Waals surface area contributed by atoms with E-state index in [2.05, 4.69) is 259 Å². The molecule has 2 aliphatic rings. The quantitative estimate of drug-likeness (QED) is 0.163. The maximum atomic E-state index is 2.64. The summed E-state index contributed by atoms with van der Waals surface area (Å²) in [6, 6.07) is 86.0. The van der Waals surface area contributed by atoms with Gasteiger partial charge in [0.2, 0.25) is 0 Å². The van der Waals surface area contributed by atoms with Crippen LogP contribution in [0, 0.1) is 5.92 Å². The van der Waals surface area contributed by atoms with Gasteiger partial charge in [-0.2, -0.15) is 0 Å². The molecule has 2 atom stereocenters. The molecular weight excluding hydrogens is 797 g/mol. The van der Waals surface area contributed by atoms with E-state index in [4.69, 9.17) is 0 Å². The van der Waals surface area contributed by atoms with Crippen molar-refractivity contribution in [2.75, 3.05) is 0 Å². The molecule has 0 N–H and O–H groups in total. The number of hydrogen-bond acceptors (Lipinski definition) is 0. The molecule has 0 radical (unpaired) electrons. The first kappa shape index (κ1) is 37.2. The number of fused-ring (bicyclic) bond motifs is 12. The number of hydrogen-bond donors (Lipinski definition) is 0.